The van der Waals surface area contributed by atoms with Crippen LogP contribution in [0.25, 0.3) is 0 Å². The molecule has 0 aliphatic rings. The van der Waals surface area contributed by atoms with E-state index < -0.39 is 0 Å². The molecule has 0 rings (SSSR count). The van der Waals surface area contributed by atoms with Gasteiger partial charge in [-0.15, -0.1) is 0 Å². The molecule has 0 saturated heterocycles. The van der Waals surface area contributed by atoms with Crippen molar-refractivity contribution in [1.29, 1.82) is 5.26 Å². The van der Waals surface area contributed by atoms with E-state index in [0.29, 0.717) is 0 Å². The van der Waals surface area contributed by atoms with Gasteiger partial charge < -0.3 is 0 Å². The first-order valence-electron chi connectivity index (χ1n) is 3.80. The van der Waals surface area contributed by atoms with Crippen LogP contribution in [0.4, 0.5) is 0 Å². The van der Waals surface area contributed by atoms with Crippen LogP contribution in [0.5, 0.6) is 0 Å². The van der Waals surface area contributed by atoms with Gasteiger partial charge in [0.1, 0.15) is 0 Å². The summed E-state index contributed by atoms with van der Waals surface area (Å²) in [5.74, 6) is 0.228. The molecule has 0 aliphatic carbocycles. The molecule has 0 aromatic carbocycles. The lowest BCUT2D eigenvalue weighted by molar-refractivity contribution is 0.592. The lowest BCUT2D eigenvalue weighted by Crippen LogP contribution is -1.97. The molecule has 0 bridgehead atoms. The van der Waals surface area contributed by atoms with Gasteiger partial charge in [0, 0.05) is 5.33 Å². The topological polar surface area (TPSA) is 23.8 Å². The van der Waals surface area contributed by atoms with E-state index in [-0.39, 0.29) is 5.92 Å². The van der Waals surface area contributed by atoms with Crippen molar-refractivity contribution in [2.45, 2.75) is 32.6 Å². The zero-order valence-corrected chi connectivity index (χ0v) is 8.02. The molecule has 10 heavy (non-hydrogen) atoms. The zero-order valence-electron chi connectivity index (χ0n) is 6.44. The second-order valence-electron chi connectivity index (χ2n) is 2.48. The first-order valence-corrected chi connectivity index (χ1v) is 4.92. The molecule has 0 aliphatic heterocycles. The highest BCUT2D eigenvalue weighted by Crippen LogP contribution is 2.10. The van der Waals surface area contributed by atoms with E-state index in [4.69, 9.17) is 5.26 Å². The van der Waals surface area contributed by atoms with Gasteiger partial charge in [-0.2, -0.15) is 5.26 Å². The average Bonchev–Trinajstić information content (AvgIpc) is 1.99. The molecule has 0 aromatic rings. The molecule has 1 atom stereocenters. The summed E-state index contributed by atoms with van der Waals surface area (Å²) in [7, 11) is 0. The summed E-state index contributed by atoms with van der Waals surface area (Å²) in [6, 6.07) is 2.26. The van der Waals surface area contributed by atoms with Crippen LogP contribution < -0.4 is 0 Å². The van der Waals surface area contributed by atoms with Crippen molar-refractivity contribution in [2.75, 3.05) is 5.33 Å². The number of halogens is 1. The third kappa shape index (κ3) is 4.81. The molecule has 0 aromatic heterocycles. The number of unbranched alkanes of at least 4 members (excludes halogenated alkanes) is 2. The van der Waals surface area contributed by atoms with Gasteiger partial charge in [0.15, 0.2) is 0 Å². The van der Waals surface area contributed by atoms with Crippen molar-refractivity contribution in [3.63, 3.8) is 0 Å². The first-order chi connectivity index (χ1) is 4.85. The predicted octanol–water partition coefficient (Wildman–Crippen LogP) is 3.10. The number of hydrogen-bond donors (Lipinski definition) is 0. The van der Waals surface area contributed by atoms with Crippen LogP contribution in [0.3, 0.4) is 0 Å². The van der Waals surface area contributed by atoms with E-state index >= 15 is 0 Å². The SMILES string of the molecule is CCCCCC(C#N)CBr. The molecule has 1 nitrogen and oxygen atoms in total. The Kier molecular flexibility index (Phi) is 7.06. The third-order valence-corrected chi connectivity index (χ3v) is 2.31. The number of nitrogens with zero attached hydrogens (tertiary/aromatic N) is 1. The zero-order chi connectivity index (χ0) is 7.82. The molecule has 0 radical (unpaired) electrons. The monoisotopic (exact) mass is 203 g/mol. The van der Waals surface area contributed by atoms with Crippen molar-refractivity contribution < 1.29 is 0 Å². The van der Waals surface area contributed by atoms with Crippen molar-refractivity contribution in [3.05, 3.63) is 0 Å². The van der Waals surface area contributed by atoms with Gasteiger partial charge in [0.2, 0.25) is 0 Å². The van der Waals surface area contributed by atoms with Gasteiger partial charge in [-0.05, 0) is 6.42 Å². The number of hydrogen-bond acceptors (Lipinski definition) is 1. The van der Waals surface area contributed by atoms with Gasteiger partial charge in [-0.1, -0.05) is 42.1 Å². The maximum absolute atomic E-state index is 8.55. The maximum Gasteiger partial charge on any atom is 0.0664 e. The number of rotatable bonds is 5. The highest BCUT2D eigenvalue weighted by Gasteiger charge is 2.02. The van der Waals surface area contributed by atoms with Gasteiger partial charge in [-0.3, -0.25) is 0 Å². The molecular weight excluding hydrogens is 190 g/mol. The van der Waals surface area contributed by atoms with E-state index in [0.717, 1.165) is 11.8 Å². The molecular formula is C8H14BrN. The quantitative estimate of drug-likeness (QED) is 0.498. The Bertz CT molecular complexity index is 106. The normalized spacial score (nSPS) is 12.5. The predicted molar refractivity (Wildman–Crippen MR) is 47.0 cm³/mol. The second-order valence-corrected chi connectivity index (χ2v) is 3.12. The summed E-state index contributed by atoms with van der Waals surface area (Å²) < 4.78 is 0. The second kappa shape index (κ2) is 7.08. The maximum atomic E-state index is 8.55. The Balaban J connectivity index is 3.20. The Morgan fingerprint density at radius 3 is 2.60 bits per heavy atom. The summed E-state index contributed by atoms with van der Waals surface area (Å²) in [5.41, 5.74) is 0. The van der Waals surface area contributed by atoms with E-state index in [1.54, 1.807) is 0 Å². The Hall–Kier alpha value is -0.0300. The van der Waals surface area contributed by atoms with Crippen LogP contribution in [0.2, 0.25) is 0 Å². The Morgan fingerprint density at radius 2 is 2.20 bits per heavy atom. The van der Waals surface area contributed by atoms with Gasteiger partial charge in [0.25, 0.3) is 0 Å². The molecule has 1 unspecified atom stereocenters. The molecule has 0 saturated carbocycles. The Labute approximate surface area is 71.6 Å². The van der Waals surface area contributed by atoms with Gasteiger partial charge in [0.05, 0.1) is 12.0 Å². The molecule has 0 N–H and O–H groups in total. The largest absolute Gasteiger partial charge is 0.198 e. The minimum Gasteiger partial charge on any atom is -0.198 e. The van der Waals surface area contributed by atoms with Crippen molar-refractivity contribution >= 4 is 15.9 Å². The first kappa shape index (κ1) is 9.97. The highest BCUT2D eigenvalue weighted by molar-refractivity contribution is 9.09. The lowest BCUT2D eigenvalue weighted by Gasteiger charge is -2.01. The van der Waals surface area contributed by atoms with E-state index in [2.05, 4.69) is 28.9 Å². The summed E-state index contributed by atoms with van der Waals surface area (Å²) in [6.45, 7) is 2.18. The molecule has 58 valence electrons. The average molecular weight is 204 g/mol. The van der Waals surface area contributed by atoms with Crippen LogP contribution in [0.1, 0.15) is 32.6 Å². The van der Waals surface area contributed by atoms with Crippen molar-refractivity contribution in [3.8, 4) is 6.07 Å². The summed E-state index contributed by atoms with van der Waals surface area (Å²) in [4.78, 5) is 0. The fourth-order valence-corrected chi connectivity index (χ4v) is 1.29. The number of alkyl halides is 1. The van der Waals surface area contributed by atoms with E-state index in [9.17, 15) is 0 Å². The van der Waals surface area contributed by atoms with Gasteiger partial charge >= 0.3 is 0 Å². The fraction of sp³-hybridized carbons (Fsp3) is 0.875. The highest BCUT2D eigenvalue weighted by atomic mass is 79.9. The summed E-state index contributed by atoms with van der Waals surface area (Å²) in [5, 5.41) is 9.37. The standard InChI is InChI=1S/C8H14BrN/c1-2-3-4-5-8(6-9)7-10/h8H,2-6H2,1H3. The lowest BCUT2D eigenvalue weighted by atomic mass is 10.1. The smallest absolute Gasteiger partial charge is 0.0664 e. The van der Waals surface area contributed by atoms with Crippen LogP contribution in [0.15, 0.2) is 0 Å². The molecule has 0 fully saturated rings. The Morgan fingerprint density at radius 1 is 1.50 bits per heavy atom. The van der Waals surface area contributed by atoms with Crippen molar-refractivity contribution in [1.82, 2.24) is 0 Å². The minimum atomic E-state index is 0.228. The summed E-state index contributed by atoms with van der Waals surface area (Å²) in [6.07, 6.45) is 4.74. The fourth-order valence-electron chi connectivity index (χ4n) is 0.817. The van der Waals surface area contributed by atoms with Crippen LogP contribution in [0, 0.1) is 17.2 Å². The van der Waals surface area contributed by atoms with Crippen LogP contribution in [-0.4, -0.2) is 5.33 Å². The molecule has 2 heteroatoms. The molecule has 0 spiro atoms. The minimum absolute atomic E-state index is 0.228. The van der Waals surface area contributed by atoms with Crippen molar-refractivity contribution in [2.24, 2.45) is 5.92 Å². The van der Waals surface area contributed by atoms with Gasteiger partial charge in [-0.25, -0.2) is 0 Å². The van der Waals surface area contributed by atoms with E-state index in [1.807, 2.05) is 0 Å². The number of nitriles is 1. The van der Waals surface area contributed by atoms with Crippen LogP contribution in [-0.2, 0) is 0 Å². The molecule has 0 heterocycles. The van der Waals surface area contributed by atoms with Crippen LogP contribution >= 0.6 is 15.9 Å². The third-order valence-electron chi connectivity index (χ3n) is 1.52. The summed E-state index contributed by atoms with van der Waals surface area (Å²) >= 11 is 3.31. The van der Waals surface area contributed by atoms with E-state index in [1.165, 1.54) is 19.3 Å². The molecule has 0 amide bonds.